The summed E-state index contributed by atoms with van der Waals surface area (Å²) in [7, 11) is -0.583. The number of rotatable bonds is 0. The fourth-order valence-electron chi connectivity index (χ4n) is 0. The third-order valence-corrected chi connectivity index (χ3v) is 0. The largest absolute Gasteiger partial charge is 1.00 e. The second-order valence-electron chi connectivity index (χ2n) is 0. The second kappa shape index (κ2) is 1240. The van der Waals surface area contributed by atoms with Gasteiger partial charge in [0.15, 0.2) is 0 Å². The van der Waals surface area contributed by atoms with Crippen molar-refractivity contribution in [2.75, 3.05) is 0 Å². The molecule has 0 aromatic carbocycles. The van der Waals surface area contributed by atoms with Gasteiger partial charge in [-0.25, -0.2) is 0 Å². The van der Waals surface area contributed by atoms with Gasteiger partial charge in [0.25, 0.3) is 0 Å². The smallest absolute Gasteiger partial charge is 0.412 e. The van der Waals surface area contributed by atoms with Crippen LogP contribution in [0.4, 0.5) is 0 Å². The molecule has 0 radical (unpaired) electrons. The van der Waals surface area contributed by atoms with Gasteiger partial charge in [-0.2, -0.15) is 0 Å². The average Bonchev–Trinajstić information content (AvgIpc) is 2.01. The van der Waals surface area contributed by atoms with Crippen LogP contribution in [0, 0.1) is 17.4 Å². The maximum Gasteiger partial charge on any atom is 1.00 e. The van der Waals surface area contributed by atoms with Crippen LogP contribution in [0.5, 0.6) is 0 Å². The molecule has 0 aromatic rings. The first-order chi connectivity index (χ1) is 4.41. The minimum absolute atomic E-state index is 0. The maximum atomic E-state index is 8.57. The summed E-state index contributed by atoms with van der Waals surface area (Å²) in [6, 6.07) is 0. The molecule has 11 heteroatoms. The van der Waals surface area contributed by atoms with Crippen LogP contribution in [0.25, 0.3) is 0 Å². The maximum absolute atomic E-state index is 8.57. The zero-order chi connectivity index (χ0) is 8.71. The molecule has 0 aromatic heterocycles. The first-order valence-corrected chi connectivity index (χ1v) is 1.11. The topological polar surface area (TPSA) is 195 Å². The molecule has 0 atom stereocenters. The van der Waals surface area contributed by atoms with Crippen molar-refractivity contribution in [2.24, 2.45) is 0 Å². The van der Waals surface area contributed by atoms with E-state index in [2.05, 4.69) is 0 Å². The van der Waals surface area contributed by atoms with E-state index in [0.717, 1.165) is 0 Å². The van der Waals surface area contributed by atoms with Crippen molar-refractivity contribution >= 4 is 9.06 Å². The van der Waals surface area contributed by atoms with Gasteiger partial charge in [-0.05, 0) is 0 Å². The zero-order valence-corrected chi connectivity index (χ0v) is 10.5. The van der Waals surface area contributed by atoms with E-state index in [-0.39, 0.29) is 69.8 Å². The fraction of sp³-hybridized carbons (Fsp3) is 0. The molecule has 0 bridgehead atoms. The van der Waals surface area contributed by atoms with Gasteiger partial charge in [0.05, 0.1) is 0 Å². The van der Waals surface area contributed by atoms with Crippen molar-refractivity contribution in [1.82, 2.24) is 0 Å². The molecule has 0 fully saturated rings. The molecule has 8 N–H and O–H groups in total. The molecular weight excluding hydrogens is 226 g/mol. The van der Waals surface area contributed by atoms with Crippen LogP contribution < -0.4 is 51.4 Å². The van der Waals surface area contributed by atoms with Crippen LogP contribution in [0.2, 0.25) is 0 Å². The Bertz CT molecular complexity index is 33.6. The number of hydrogen-bond acceptors (Lipinski definition) is 7. The average molecular weight is 239 g/mol. The summed E-state index contributed by atoms with van der Waals surface area (Å²) >= 11 is 0. The van der Waals surface area contributed by atoms with Gasteiger partial charge in [-0.15, -0.1) is 0 Å². The van der Waals surface area contributed by atoms with E-state index in [0.29, 0.717) is 0 Å². The van der Waals surface area contributed by atoms with Crippen LogP contribution in [-0.4, -0.2) is 33.3 Å². The van der Waals surface area contributed by atoms with Gasteiger partial charge in [0, 0.05) is 9.93 Å². The third-order valence-electron chi connectivity index (χ3n) is 0. The van der Waals surface area contributed by atoms with Crippen molar-refractivity contribution in [2.45, 2.75) is 0 Å². The molecule has 0 heterocycles. The van der Waals surface area contributed by atoms with Crippen LogP contribution >= 0.6 is 9.06 Å². The molecule has 0 aliphatic heterocycles. The van der Waals surface area contributed by atoms with E-state index in [1.807, 2.05) is 0 Å². The predicted octanol–water partition coefficient (Wildman–Crippen LogP) is -3.62. The summed E-state index contributed by atoms with van der Waals surface area (Å²) < 4.78 is 14.2. The minimum Gasteiger partial charge on any atom is -0.412 e. The quantitative estimate of drug-likeness (QED) is 0.110. The Hall–Kier alpha value is 1.10. The Morgan fingerprint density at radius 1 is 1.00 bits per heavy atom. The standard InChI is InChI=1S/CH3.K.2H2O2.O2.HOP.2H2O/c;;4*1-2;;/h1H3;;2*1-2H;;2H;2*1H2/q-1;+1;;;;;;/i;;;;;2D;;. The van der Waals surface area contributed by atoms with Crippen LogP contribution in [-0.2, 0) is 4.57 Å². The molecular formula is CH12KO9P. The summed E-state index contributed by atoms with van der Waals surface area (Å²) in [6.45, 7) is 0. The fourth-order valence-corrected chi connectivity index (χ4v) is 0. The van der Waals surface area contributed by atoms with Crippen molar-refractivity contribution in [3.8, 4) is 0 Å². The van der Waals surface area contributed by atoms with E-state index >= 15 is 0 Å². The summed E-state index contributed by atoms with van der Waals surface area (Å²) in [5.41, 5.74) is 0. The van der Waals surface area contributed by atoms with Crippen molar-refractivity contribution in [1.29, 1.82) is 1.28 Å². The SMILES string of the molecule is O.O.O=O.OO.OO.[2H]P=O.[CH3-].[K+]. The van der Waals surface area contributed by atoms with Gasteiger partial charge < -0.3 is 18.4 Å². The van der Waals surface area contributed by atoms with Crippen molar-refractivity contribution in [3.63, 3.8) is 0 Å². The molecule has 9 nitrogen and oxygen atoms in total. The molecule has 0 rings (SSSR count). The predicted molar refractivity (Wildman–Crippen MR) is 39.9 cm³/mol. The normalized spacial score (nSPS) is 3.17. The van der Waals surface area contributed by atoms with E-state index in [1.54, 1.807) is 0 Å². The Morgan fingerprint density at radius 2 is 1.00 bits per heavy atom. The minimum atomic E-state index is -0.583. The molecule has 0 aliphatic carbocycles. The molecule has 0 spiro atoms. The van der Waals surface area contributed by atoms with Gasteiger partial charge in [-0.3, -0.25) is 25.6 Å². The van der Waals surface area contributed by atoms with Crippen molar-refractivity contribution < 1.29 is 87.9 Å². The number of hydrogen-bond donors (Lipinski definition) is 4. The molecule has 12 heavy (non-hydrogen) atoms. The summed E-state index contributed by atoms with van der Waals surface area (Å²) in [5.74, 6) is 0. The third kappa shape index (κ3) is 941. The van der Waals surface area contributed by atoms with Crippen LogP contribution in [0.3, 0.4) is 0 Å². The van der Waals surface area contributed by atoms with Crippen LogP contribution in [0.1, 0.15) is 0 Å². The zero-order valence-electron chi connectivity index (χ0n) is 7.46. The molecule has 0 aliphatic rings. The Labute approximate surface area is 114 Å². The molecule has 0 saturated heterocycles. The van der Waals surface area contributed by atoms with Crippen LogP contribution in [0.15, 0.2) is 0 Å². The summed E-state index contributed by atoms with van der Waals surface area (Å²) in [4.78, 5) is 14.0. The Kier molecular flexibility index (Phi) is 5320. The summed E-state index contributed by atoms with van der Waals surface area (Å²) in [6.07, 6.45) is 0. The van der Waals surface area contributed by atoms with Crippen molar-refractivity contribution in [3.05, 3.63) is 17.4 Å². The monoisotopic (exact) mass is 239 g/mol. The van der Waals surface area contributed by atoms with Gasteiger partial charge in [0.1, 0.15) is 10.3 Å². The molecule has 0 unspecified atom stereocenters. The van der Waals surface area contributed by atoms with Gasteiger partial charge in [-0.1, -0.05) is 0 Å². The van der Waals surface area contributed by atoms with E-state index < -0.39 is 9.06 Å². The molecule has 76 valence electrons. The first-order valence-electron chi connectivity index (χ1n) is 1.20. The second-order valence-corrected chi connectivity index (χ2v) is 0. The van der Waals surface area contributed by atoms with E-state index in [9.17, 15) is 0 Å². The first kappa shape index (κ1) is 51.6. The Balaban J connectivity index is -0.00000000394. The Morgan fingerprint density at radius 3 is 1.00 bits per heavy atom. The van der Waals surface area contributed by atoms with Gasteiger partial charge in [0.2, 0.25) is 0 Å². The molecule has 0 saturated carbocycles. The van der Waals surface area contributed by atoms with E-state index in [4.69, 9.17) is 36.8 Å². The molecule has 0 amide bonds. The van der Waals surface area contributed by atoms with E-state index in [1.165, 1.54) is 0 Å². The summed E-state index contributed by atoms with van der Waals surface area (Å²) in [5, 5.41) is 24.0. The van der Waals surface area contributed by atoms with Gasteiger partial charge >= 0.3 is 51.4 Å².